The highest BCUT2D eigenvalue weighted by Gasteiger charge is 2.31. The molecular formula is C17H21N5O4. The van der Waals surface area contributed by atoms with E-state index < -0.39 is 30.4 Å². The van der Waals surface area contributed by atoms with Crippen molar-refractivity contribution in [2.75, 3.05) is 13.2 Å². The summed E-state index contributed by atoms with van der Waals surface area (Å²) in [6, 6.07) is 4.30. The predicted octanol–water partition coefficient (Wildman–Crippen LogP) is 0.474. The number of nitrogens with zero attached hydrogens (tertiary/aromatic N) is 4. The maximum atomic E-state index is 12.3. The van der Waals surface area contributed by atoms with E-state index >= 15 is 0 Å². The standard InChI is InChI=1S/C17H21N5O4/c1-2-22-13-7-6-11(9-12(13)19-20-22)17(25)26-10-15(23)21-8-4-3-5-14(21)16(18)24/h6-7,9,14H,2-5,8,10H2,1H3,(H2,18,24)/t14-/m1/s1. The number of rotatable bonds is 5. The Bertz CT molecular complexity index is 847. The molecule has 26 heavy (non-hydrogen) atoms. The smallest absolute Gasteiger partial charge is 0.338 e. The van der Waals surface area contributed by atoms with Gasteiger partial charge in [-0.3, -0.25) is 9.59 Å². The summed E-state index contributed by atoms with van der Waals surface area (Å²) in [5, 5.41) is 7.99. The van der Waals surface area contributed by atoms with Crippen LogP contribution >= 0.6 is 0 Å². The van der Waals surface area contributed by atoms with Crippen LogP contribution in [0.15, 0.2) is 18.2 Å². The van der Waals surface area contributed by atoms with Crippen molar-refractivity contribution < 1.29 is 19.1 Å². The fourth-order valence-corrected chi connectivity index (χ4v) is 3.15. The van der Waals surface area contributed by atoms with Gasteiger partial charge in [-0.1, -0.05) is 5.21 Å². The highest BCUT2D eigenvalue weighted by atomic mass is 16.5. The van der Waals surface area contributed by atoms with Gasteiger partial charge in [0.1, 0.15) is 11.6 Å². The van der Waals surface area contributed by atoms with E-state index in [4.69, 9.17) is 10.5 Å². The number of benzene rings is 1. The van der Waals surface area contributed by atoms with Gasteiger partial charge in [0.05, 0.1) is 11.1 Å². The third kappa shape index (κ3) is 3.51. The Morgan fingerprint density at radius 1 is 1.31 bits per heavy atom. The van der Waals surface area contributed by atoms with Crippen LogP contribution in [0.1, 0.15) is 36.5 Å². The van der Waals surface area contributed by atoms with E-state index in [2.05, 4.69) is 10.3 Å². The molecule has 1 saturated heterocycles. The minimum absolute atomic E-state index is 0.290. The number of likely N-dealkylation sites (tertiary alicyclic amines) is 1. The van der Waals surface area contributed by atoms with Crippen LogP contribution in [0.25, 0.3) is 11.0 Å². The topological polar surface area (TPSA) is 120 Å². The van der Waals surface area contributed by atoms with Crippen LogP contribution in [0, 0.1) is 0 Å². The SMILES string of the molecule is CCn1nnc2cc(C(=O)OCC(=O)N3CCCC[C@@H]3C(N)=O)ccc21. The Labute approximate surface area is 150 Å². The number of aryl methyl sites for hydroxylation is 1. The second-order valence-electron chi connectivity index (χ2n) is 6.19. The number of amides is 2. The average Bonchev–Trinajstić information content (AvgIpc) is 3.08. The number of esters is 1. The summed E-state index contributed by atoms with van der Waals surface area (Å²) in [7, 11) is 0. The average molecular weight is 359 g/mol. The number of primary amides is 1. The lowest BCUT2D eigenvalue weighted by atomic mass is 10.0. The van der Waals surface area contributed by atoms with Crippen molar-refractivity contribution in [2.24, 2.45) is 5.73 Å². The van der Waals surface area contributed by atoms with Crippen LogP contribution in [0.4, 0.5) is 0 Å². The van der Waals surface area contributed by atoms with Gasteiger partial charge in [0.2, 0.25) is 5.91 Å². The first-order valence-electron chi connectivity index (χ1n) is 8.60. The van der Waals surface area contributed by atoms with E-state index in [0.29, 0.717) is 30.6 Å². The van der Waals surface area contributed by atoms with Crippen molar-refractivity contribution in [3.63, 3.8) is 0 Å². The summed E-state index contributed by atoms with van der Waals surface area (Å²) in [4.78, 5) is 37.4. The predicted molar refractivity (Wildman–Crippen MR) is 92.0 cm³/mol. The van der Waals surface area contributed by atoms with Gasteiger partial charge < -0.3 is 15.4 Å². The molecule has 1 fully saturated rings. The van der Waals surface area contributed by atoms with Crippen LogP contribution in [-0.4, -0.2) is 56.9 Å². The largest absolute Gasteiger partial charge is 0.452 e. The highest BCUT2D eigenvalue weighted by Crippen LogP contribution is 2.18. The van der Waals surface area contributed by atoms with Crippen LogP contribution in [-0.2, 0) is 20.9 Å². The second kappa shape index (κ2) is 7.51. The third-order valence-corrected chi connectivity index (χ3v) is 4.53. The molecule has 9 heteroatoms. The molecule has 2 aromatic rings. The number of ether oxygens (including phenoxy) is 1. The molecule has 1 aliphatic rings. The molecule has 2 amide bonds. The maximum absolute atomic E-state index is 12.3. The summed E-state index contributed by atoms with van der Waals surface area (Å²) in [5.41, 5.74) is 7.04. The number of aromatic nitrogens is 3. The van der Waals surface area contributed by atoms with E-state index in [1.807, 2.05) is 6.92 Å². The normalized spacial score (nSPS) is 17.3. The number of nitrogens with two attached hydrogens (primary N) is 1. The van der Waals surface area contributed by atoms with Gasteiger partial charge >= 0.3 is 5.97 Å². The van der Waals surface area contributed by atoms with Gasteiger partial charge in [-0.2, -0.15) is 0 Å². The quantitative estimate of drug-likeness (QED) is 0.775. The number of hydrogen-bond donors (Lipinski definition) is 1. The number of hydrogen-bond acceptors (Lipinski definition) is 6. The molecule has 0 radical (unpaired) electrons. The van der Waals surface area contributed by atoms with Crippen LogP contribution in [0.3, 0.4) is 0 Å². The summed E-state index contributed by atoms with van der Waals surface area (Å²) >= 11 is 0. The molecule has 138 valence electrons. The molecule has 0 unspecified atom stereocenters. The summed E-state index contributed by atoms with van der Waals surface area (Å²) in [6.45, 7) is 2.63. The molecule has 0 saturated carbocycles. The van der Waals surface area contributed by atoms with Crippen molar-refractivity contribution in [3.05, 3.63) is 23.8 Å². The van der Waals surface area contributed by atoms with Crippen molar-refractivity contribution in [1.82, 2.24) is 19.9 Å². The van der Waals surface area contributed by atoms with Gasteiger partial charge in [-0.25, -0.2) is 9.48 Å². The lowest BCUT2D eigenvalue weighted by molar-refractivity contribution is -0.143. The summed E-state index contributed by atoms with van der Waals surface area (Å²) in [6.07, 6.45) is 2.18. The minimum atomic E-state index is -0.629. The van der Waals surface area contributed by atoms with Gasteiger partial charge in [0, 0.05) is 13.1 Å². The molecule has 1 aliphatic heterocycles. The molecule has 2 heterocycles. The minimum Gasteiger partial charge on any atom is -0.452 e. The van der Waals surface area contributed by atoms with Gasteiger partial charge in [-0.05, 0) is 44.4 Å². The number of carbonyl (C=O) groups is 3. The van der Waals surface area contributed by atoms with E-state index in [9.17, 15) is 14.4 Å². The Hall–Kier alpha value is -2.97. The third-order valence-electron chi connectivity index (χ3n) is 4.53. The van der Waals surface area contributed by atoms with Crippen molar-refractivity contribution in [1.29, 1.82) is 0 Å². The molecule has 1 aromatic heterocycles. The number of piperidine rings is 1. The maximum Gasteiger partial charge on any atom is 0.338 e. The summed E-state index contributed by atoms with van der Waals surface area (Å²) in [5.74, 6) is -1.58. The molecule has 2 N–H and O–H groups in total. The van der Waals surface area contributed by atoms with E-state index in [1.165, 1.54) is 4.90 Å². The van der Waals surface area contributed by atoms with Crippen LogP contribution in [0.5, 0.6) is 0 Å². The molecule has 1 aromatic carbocycles. The number of fused-ring (bicyclic) bond motifs is 1. The summed E-state index contributed by atoms with van der Waals surface area (Å²) < 4.78 is 6.83. The zero-order valence-corrected chi connectivity index (χ0v) is 14.6. The Morgan fingerprint density at radius 3 is 2.85 bits per heavy atom. The van der Waals surface area contributed by atoms with Crippen LogP contribution in [0.2, 0.25) is 0 Å². The highest BCUT2D eigenvalue weighted by molar-refractivity contribution is 5.95. The van der Waals surface area contributed by atoms with Gasteiger partial charge in [0.25, 0.3) is 5.91 Å². The molecule has 9 nitrogen and oxygen atoms in total. The molecule has 1 atom stereocenters. The zero-order valence-electron chi connectivity index (χ0n) is 14.6. The molecule has 0 aliphatic carbocycles. The lowest BCUT2D eigenvalue weighted by Crippen LogP contribution is -2.51. The van der Waals surface area contributed by atoms with Crippen molar-refractivity contribution in [3.8, 4) is 0 Å². The fraction of sp³-hybridized carbons (Fsp3) is 0.471. The van der Waals surface area contributed by atoms with Gasteiger partial charge in [-0.15, -0.1) is 5.10 Å². The zero-order chi connectivity index (χ0) is 18.7. The van der Waals surface area contributed by atoms with E-state index in [0.717, 1.165) is 18.4 Å². The first-order valence-corrected chi connectivity index (χ1v) is 8.60. The first-order chi connectivity index (χ1) is 12.5. The Kier molecular flexibility index (Phi) is 5.15. The number of carbonyl (C=O) groups excluding carboxylic acids is 3. The monoisotopic (exact) mass is 359 g/mol. The first kappa shape index (κ1) is 17.8. The van der Waals surface area contributed by atoms with Gasteiger partial charge in [0.15, 0.2) is 6.61 Å². The van der Waals surface area contributed by atoms with Crippen LogP contribution < -0.4 is 5.73 Å². The lowest BCUT2D eigenvalue weighted by Gasteiger charge is -2.33. The molecule has 0 spiro atoms. The molecular weight excluding hydrogens is 338 g/mol. The molecule has 3 rings (SSSR count). The van der Waals surface area contributed by atoms with E-state index in [-0.39, 0.29) is 0 Å². The van der Waals surface area contributed by atoms with E-state index in [1.54, 1.807) is 22.9 Å². The Morgan fingerprint density at radius 2 is 2.12 bits per heavy atom. The fourth-order valence-electron chi connectivity index (χ4n) is 3.15. The van der Waals surface area contributed by atoms with Crippen molar-refractivity contribution in [2.45, 2.75) is 38.8 Å². The second-order valence-corrected chi connectivity index (χ2v) is 6.19. The Balaban J connectivity index is 1.64. The molecule has 0 bridgehead atoms. The van der Waals surface area contributed by atoms with Crippen molar-refractivity contribution >= 4 is 28.8 Å².